The van der Waals surface area contributed by atoms with Gasteiger partial charge in [0.25, 0.3) is 5.56 Å². The first kappa shape index (κ1) is 69.9. The fourth-order valence-corrected chi connectivity index (χ4v) is 12.7. The van der Waals surface area contributed by atoms with Gasteiger partial charge in [0.2, 0.25) is 17.7 Å². The maximum Gasteiger partial charge on any atom is 0.490 e. The molecule has 0 spiro atoms. The van der Waals surface area contributed by atoms with E-state index < -0.39 is 59.8 Å². The lowest BCUT2D eigenvalue weighted by molar-refractivity contribution is -0.122. The number of hydrogen-bond donors (Lipinski definition) is 11. The summed E-state index contributed by atoms with van der Waals surface area (Å²) in [4.78, 5) is 111. The Bertz CT molecular complexity index is 2430. The molecule has 0 aliphatic carbocycles. The van der Waals surface area contributed by atoms with Gasteiger partial charge < -0.3 is 84.4 Å². The van der Waals surface area contributed by atoms with Gasteiger partial charge in [0.05, 0.1) is 97.5 Å². The number of rotatable bonds is 44. The van der Waals surface area contributed by atoms with Gasteiger partial charge >= 0.3 is 35.2 Å². The number of aromatic nitrogens is 2. The van der Waals surface area contributed by atoms with Crippen molar-refractivity contribution in [1.82, 2.24) is 36.1 Å². The summed E-state index contributed by atoms with van der Waals surface area (Å²) >= 11 is 1.88. The van der Waals surface area contributed by atoms with Crippen molar-refractivity contribution >= 4 is 59.0 Å². The number of aliphatic hydroxyl groups is 1. The highest BCUT2D eigenvalue weighted by Crippen LogP contribution is 2.66. The molecule has 0 aromatic carbocycles. The predicted molar refractivity (Wildman–Crippen MR) is 287 cm³/mol. The minimum Gasteiger partial charge on any atom is -0.390 e. The van der Waals surface area contributed by atoms with Crippen LogP contribution < -0.4 is 37.8 Å². The number of phosphoric acid groups is 3. The van der Waals surface area contributed by atoms with Crippen LogP contribution in [0.2, 0.25) is 0 Å². The first-order valence-corrected chi connectivity index (χ1v) is 32.2. The number of phosphoric ester groups is 1. The van der Waals surface area contributed by atoms with E-state index in [2.05, 4.69) is 56.6 Å². The first-order chi connectivity index (χ1) is 38.7. The minimum atomic E-state index is -5.77. The maximum atomic E-state index is 12.5. The molecule has 31 nitrogen and oxygen atoms in total. The zero-order valence-corrected chi connectivity index (χ0v) is 48.4. The van der Waals surface area contributed by atoms with Gasteiger partial charge in [-0.05, 0) is 38.5 Å². The van der Waals surface area contributed by atoms with E-state index in [9.17, 15) is 57.4 Å². The Balaban J connectivity index is 0.851. The smallest absolute Gasteiger partial charge is 0.390 e. The number of carbonyl (C=O) groups is 4. The Labute approximate surface area is 472 Å². The molecule has 4 heterocycles. The van der Waals surface area contributed by atoms with Crippen molar-refractivity contribution in [3.63, 3.8) is 0 Å². The molecule has 3 fully saturated rings. The van der Waals surface area contributed by atoms with Gasteiger partial charge in [-0.25, -0.2) is 23.3 Å². The second-order valence-electron chi connectivity index (χ2n) is 18.5. The Morgan fingerprint density at radius 3 is 1.78 bits per heavy atom. The van der Waals surface area contributed by atoms with E-state index in [0.29, 0.717) is 104 Å². The van der Waals surface area contributed by atoms with E-state index in [4.69, 9.17) is 42.9 Å². The fourth-order valence-electron chi connectivity index (χ4n) is 8.08. The van der Waals surface area contributed by atoms with Crippen LogP contribution in [0.15, 0.2) is 15.8 Å². The van der Waals surface area contributed by atoms with Gasteiger partial charge in [-0.2, -0.15) is 20.4 Å². The summed E-state index contributed by atoms with van der Waals surface area (Å²) < 4.78 is 85.2. The molecule has 1 aromatic heterocycles. The lowest BCUT2D eigenvalue weighted by atomic mass is 10.0. The van der Waals surface area contributed by atoms with Crippen molar-refractivity contribution in [3.05, 3.63) is 32.6 Å². The van der Waals surface area contributed by atoms with E-state index in [1.165, 1.54) is 0 Å². The largest absolute Gasteiger partial charge is 0.490 e. The number of urea groups is 1. The molecule has 3 aliphatic rings. The van der Waals surface area contributed by atoms with E-state index in [1.807, 2.05) is 11.8 Å². The number of unbranched alkanes of at least 4 members (excludes halogenated alkanes) is 5. The summed E-state index contributed by atoms with van der Waals surface area (Å²) in [7, 11) is -16.9. The van der Waals surface area contributed by atoms with Crippen molar-refractivity contribution < 1.29 is 104 Å². The van der Waals surface area contributed by atoms with Crippen LogP contribution in [0.4, 0.5) is 4.79 Å². The lowest BCUT2D eigenvalue weighted by Gasteiger charge is -2.19. The molecular formula is C46H78N7O24P3S. The highest BCUT2D eigenvalue weighted by molar-refractivity contribution is 8.00. The fraction of sp³-hybridized carbons (Fsp3) is 0.783. The summed E-state index contributed by atoms with van der Waals surface area (Å²) in [6.45, 7) is 4.04. The minimum absolute atomic E-state index is 0.0126. The van der Waals surface area contributed by atoms with Crippen LogP contribution in [0.1, 0.15) is 95.3 Å². The molecular weight excluding hydrogens is 1160 g/mol. The summed E-state index contributed by atoms with van der Waals surface area (Å²) in [6.07, 6.45) is 5.59. The first-order valence-electron chi connectivity index (χ1n) is 26.6. The van der Waals surface area contributed by atoms with Crippen LogP contribution in [0.3, 0.4) is 0 Å². The zero-order valence-electron chi connectivity index (χ0n) is 44.9. The third-order valence-corrected chi connectivity index (χ3v) is 17.3. The number of H-pyrrole nitrogens is 1. The van der Waals surface area contributed by atoms with Gasteiger partial charge in [-0.3, -0.25) is 33.3 Å². The third-order valence-electron chi connectivity index (χ3n) is 12.0. The number of carbonyl (C=O) groups excluding carboxylic acids is 4. The van der Waals surface area contributed by atoms with Crippen LogP contribution in [0, 0.1) is 11.8 Å². The Hall–Kier alpha value is -3.64. The quantitative estimate of drug-likeness (QED) is 0.0180. The molecule has 8 unspecified atom stereocenters. The standard InChI is InChI=1S/C46H78N7O24P3S/c54-36-30-42(75-37(36)32-74-79(64,65)77-80(66,67)76-78(61,62)63)53-31-34(44(58)52-46(53)60)10-9-18-68-20-22-70-24-26-72-28-29-73-27-25-71-23-21-69-19-17-49-41(57)13-4-2-8-15-47-39(55)12-3-1-7-16-48-40(56)14-6-5-11-38-43-35(33-81-38)50-45(59)51-43/h31,35-38,42-43,54H,1-8,11-30,32-33H2,(H,47,55)(H,48,56)(H,49,57)(H,64,65)(H,66,67)(H2,50,51,59)(H,52,58,60)(H2,61,62,63). The number of fused-ring (bicyclic) bond motifs is 1. The van der Waals surface area contributed by atoms with E-state index in [-0.39, 0.29) is 67.6 Å². The predicted octanol–water partition coefficient (Wildman–Crippen LogP) is 0.175. The van der Waals surface area contributed by atoms with Gasteiger partial charge in [0.1, 0.15) is 24.5 Å². The zero-order chi connectivity index (χ0) is 58.9. The number of aliphatic hydroxyl groups excluding tert-OH is 1. The molecule has 462 valence electrons. The molecule has 35 heteroatoms. The molecule has 81 heavy (non-hydrogen) atoms. The molecule has 3 saturated heterocycles. The summed E-state index contributed by atoms with van der Waals surface area (Å²) in [5, 5.41) is 25.4. The molecule has 3 aliphatic heterocycles. The molecule has 4 rings (SSSR count). The second-order valence-corrected chi connectivity index (χ2v) is 24.2. The van der Waals surface area contributed by atoms with Crippen LogP contribution >= 0.6 is 35.2 Å². The van der Waals surface area contributed by atoms with Crippen molar-refractivity contribution in [2.45, 2.75) is 119 Å². The Morgan fingerprint density at radius 1 is 0.679 bits per heavy atom. The molecule has 5 amide bonds. The van der Waals surface area contributed by atoms with Crippen LogP contribution in [-0.2, 0) is 74.4 Å². The molecule has 11 N–H and O–H groups in total. The number of nitrogens with one attached hydrogen (secondary N) is 6. The van der Waals surface area contributed by atoms with Crippen LogP contribution in [0.25, 0.3) is 0 Å². The van der Waals surface area contributed by atoms with E-state index in [0.717, 1.165) is 74.3 Å². The normalized spacial score (nSPS) is 21.0. The van der Waals surface area contributed by atoms with E-state index in [1.54, 1.807) is 0 Å². The number of hydrogen-bond acceptors (Lipinski definition) is 21. The summed E-state index contributed by atoms with van der Waals surface area (Å²) in [5.41, 5.74) is -1.94. The maximum absolute atomic E-state index is 12.5. The van der Waals surface area contributed by atoms with E-state index >= 15 is 0 Å². The third kappa shape index (κ3) is 30.7. The molecule has 0 saturated carbocycles. The van der Waals surface area contributed by atoms with Crippen molar-refractivity contribution in [1.29, 1.82) is 0 Å². The molecule has 0 radical (unpaired) electrons. The molecule has 1 aromatic rings. The Morgan fingerprint density at radius 2 is 1.21 bits per heavy atom. The monoisotopic (exact) mass is 1240 g/mol. The number of aromatic amines is 1. The number of ether oxygens (including phenoxy) is 7. The Kier molecular flexibility index (Phi) is 33.1. The average molecular weight is 1240 g/mol. The van der Waals surface area contributed by atoms with Gasteiger partial charge in [0, 0.05) is 62.5 Å². The SMILES string of the molecule is O=C(CCCCCNC(=O)CCCCC1SCC2NC(=O)NC21)NCCCCCC(=O)NCCOCCOCCOCCOCCOCCOCC#Cc1cn(C2CC(O)C(COP(=O)(O)OP(=O)(O)OP(=O)(O)O)O2)c(=O)[nH]c1=O. The van der Waals surface area contributed by atoms with Crippen molar-refractivity contribution in [2.24, 2.45) is 0 Å². The topological polar surface area (TPSA) is 428 Å². The van der Waals surface area contributed by atoms with Crippen molar-refractivity contribution in [3.8, 4) is 11.8 Å². The molecule has 8 atom stereocenters. The van der Waals surface area contributed by atoms with Gasteiger partial charge in [-0.15, -0.1) is 0 Å². The van der Waals surface area contributed by atoms with Gasteiger partial charge in [-0.1, -0.05) is 31.1 Å². The molecule has 0 bridgehead atoms. The lowest BCUT2D eigenvalue weighted by Crippen LogP contribution is -2.36. The second kappa shape index (κ2) is 38.3. The summed E-state index contributed by atoms with van der Waals surface area (Å²) in [5.74, 6) is 6.13. The highest BCUT2D eigenvalue weighted by atomic mass is 32.2. The highest BCUT2D eigenvalue weighted by Gasteiger charge is 2.44. The number of nitrogens with zero attached hydrogens (tertiary/aromatic N) is 1. The van der Waals surface area contributed by atoms with Crippen LogP contribution in [0.5, 0.6) is 0 Å². The van der Waals surface area contributed by atoms with Crippen molar-refractivity contribution in [2.75, 3.05) is 111 Å². The average Bonchev–Trinajstić information content (AvgIpc) is 4.08. The van der Waals surface area contributed by atoms with Crippen LogP contribution in [-0.4, -0.2) is 199 Å². The number of thioether (sulfide) groups is 1. The number of amides is 5. The van der Waals surface area contributed by atoms with Gasteiger partial charge in [0.15, 0.2) is 0 Å². The summed E-state index contributed by atoms with van der Waals surface area (Å²) in [6, 6.07) is 0.336.